The van der Waals surface area contributed by atoms with Gasteiger partial charge in [0.05, 0.1) is 17.3 Å². The predicted molar refractivity (Wildman–Crippen MR) is 77.5 cm³/mol. The molecule has 100 valence electrons. The van der Waals surface area contributed by atoms with E-state index in [9.17, 15) is 4.79 Å². The number of carbonyl (C=O) groups is 1. The highest BCUT2D eigenvalue weighted by molar-refractivity contribution is 6.35. The van der Waals surface area contributed by atoms with Gasteiger partial charge in [-0.15, -0.1) is 0 Å². The fourth-order valence-corrected chi connectivity index (χ4v) is 1.83. The van der Waals surface area contributed by atoms with Gasteiger partial charge in [-0.1, -0.05) is 43.0 Å². The van der Waals surface area contributed by atoms with Gasteiger partial charge < -0.3 is 10.6 Å². The molecule has 0 aliphatic heterocycles. The van der Waals surface area contributed by atoms with E-state index in [0.29, 0.717) is 15.7 Å². The number of hydrogen-bond donors (Lipinski definition) is 2. The van der Waals surface area contributed by atoms with E-state index in [1.54, 1.807) is 18.2 Å². The highest BCUT2D eigenvalue weighted by Gasteiger charge is 2.04. The van der Waals surface area contributed by atoms with Crippen LogP contribution in [-0.4, -0.2) is 19.0 Å². The molecule has 3 nitrogen and oxygen atoms in total. The molecule has 0 bridgehead atoms. The van der Waals surface area contributed by atoms with Gasteiger partial charge in [0.2, 0.25) is 5.91 Å². The first-order valence-electron chi connectivity index (χ1n) is 6.09. The zero-order valence-electron chi connectivity index (χ0n) is 10.4. The van der Waals surface area contributed by atoms with Crippen LogP contribution in [0.4, 0.5) is 5.69 Å². The molecule has 0 saturated heterocycles. The van der Waals surface area contributed by atoms with Crippen LogP contribution in [0, 0.1) is 0 Å². The first-order chi connectivity index (χ1) is 8.63. The lowest BCUT2D eigenvalue weighted by Crippen LogP contribution is -2.30. The third-order valence-electron chi connectivity index (χ3n) is 2.47. The van der Waals surface area contributed by atoms with E-state index in [0.717, 1.165) is 25.8 Å². The standard InChI is InChI=1S/C13H18Cl2N2O/c1-2-3-4-7-16-13(18)9-17-12-8-10(14)5-6-11(12)15/h5-6,8,17H,2-4,7,9H2,1H3,(H,16,18). The van der Waals surface area contributed by atoms with Crippen LogP contribution < -0.4 is 10.6 Å². The molecule has 0 atom stereocenters. The average Bonchev–Trinajstić information content (AvgIpc) is 2.36. The Morgan fingerprint density at radius 2 is 2.06 bits per heavy atom. The van der Waals surface area contributed by atoms with Crippen LogP contribution in [0.25, 0.3) is 0 Å². The number of hydrogen-bond acceptors (Lipinski definition) is 2. The minimum absolute atomic E-state index is 0.0397. The van der Waals surface area contributed by atoms with Gasteiger partial charge in [-0.2, -0.15) is 0 Å². The minimum atomic E-state index is -0.0397. The number of carbonyl (C=O) groups excluding carboxylic acids is 1. The molecule has 0 saturated carbocycles. The molecule has 1 rings (SSSR count). The summed E-state index contributed by atoms with van der Waals surface area (Å²) in [5.41, 5.74) is 0.674. The lowest BCUT2D eigenvalue weighted by atomic mass is 10.2. The molecule has 0 aliphatic carbocycles. The quantitative estimate of drug-likeness (QED) is 0.751. The third kappa shape index (κ3) is 5.61. The number of anilines is 1. The molecular weight excluding hydrogens is 271 g/mol. The molecule has 0 aliphatic rings. The topological polar surface area (TPSA) is 41.1 Å². The van der Waals surface area contributed by atoms with Gasteiger partial charge in [-0.3, -0.25) is 4.79 Å². The largest absolute Gasteiger partial charge is 0.375 e. The molecule has 0 fully saturated rings. The Morgan fingerprint density at radius 3 is 2.78 bits per heavy atom. The Hall–Kier alpha value is -0.930. The van der Waals surface area contributed by atoms with Gasteiger partial charge in [0.15, 0.2) is 0 Å². The summed E-state index contributed by atoms with van der Waals surface area (Å²) in [4.78, 5) is 11.5. The van der Waals surface area contributed by atoms with Crippen molar-refractivity contribution in [3.8, 4) is 0 Å². The SMILES string of the molecule is CCCCCNC(=O)CNc1cc(Cl)ccc1Cl. The van der Waals surface area contributed by atoms with Crippen molar-refractivity contribution in [2.75, 3.05) is 18.4 Å². The number of rotatable bonds is 7. The Balaban J connectivity index is 2.31. The van der Waals surface area contributed by atoms with E-state index in [1.165, 1.54) is 0 Å². The van der Waals surface area contributed by atoms with Gasteiger partial charge in [0.1, 0.15) is 0 Å². The summed E-state index contributed by atoms with van der Waals surface area (Å²) in [5.74, 6) is -0.0397. The highest BCUT2D eigenvalue weighted by Crippen LogP contribution is 2.24. The molecule has 1 aromatic rings. The summed E-state index contributed by atoms with van der Waals surface area (Å²) < 4.78 is 0. The zero-order chi connectivity index (χ0) is 13.4. The summed E-state index contributed by atoms with van der Waals surface area (Å²) in [6.07, 6.45) is 3.29. The van der Waals surface area contributed by atoms with Crippen molar-refractivity contribution in [2.45, 2.75) is 26.2 Å². The van der Waals surface area contributed by atoms with Crippen LogP contribution in [0.2, 0.25) is 10.0 Å². The van der Waals surface area contributed by atoms with Crippen LogP contribution >= 0.6 is 23.2 Å². The first kappa shape index (κ1) is 15.1. The molecular formula is C13H18Cl2N2O. The Labute approximate surface area is 118 Å². The molecule has 0 heterocycles. The van der Waals surface area contributed by atoms with Crippen molar-refractivity contribution < 1.29 is 4.79 Å². The molecule has 1 amide bonds. The van der Waals surface area contributed by atoms with E-state index in [-0.39, 0.29) is 12.5 Å². The van der Waals surface area contributed by atoms with Crippen LogP contribution in [0.5, 0.6) is 0 Å². The molecule has 1 aromatic carbocycles. The predicted octanol–water partition coefficient (Wildman–Crippen LogP) is 3.71. The van der Waals surface area contributed by atoms with E-state index in [2.05, 4.69) is 17.6 Å². The zero-order valence-corrected chi connectivity index (χ0v) is 11.9. The molecule has 18 heavy (non-hydrogen) atoms. The summed E-state index contributed by atoms with van der Waals surface area (Å²) in [6.45, 7) is 3.05. The minimum Gasteiger partial charge on any atom is -0.375 e. The second-order valence-corrected chi connectivity index (χ2v) is 4.88. The summed E-state index contributed by atoms with van der Waals surface area (Å²) >= 11 is 11.8. The molecule has 2 N–H and O–H groups in total. The number of benzene rings is 1. The van der Waals surface area contributed by atoms with Gasteiger partial charge in [-0.05, 0) is 24.6 Å². The van der Waals surface area contributed by atoms with Crippen molar-refractivity contribution in [1.82, 2.24) is 5.32 Å². The Kier molecular flexibility index (Phi) is 6.91. The van der Waals surface area contributed by atoms with Crippen LogP contribution in [0.1, 0.15) is 26.2 Å². The van der Waals surface area contributed by atoms with E-state index in [4.69, 9.17) is 23.2 Å². The van der Waals surface area contributed by atoms with Crippen LogP contribution in [0.15, 0.2) is 18.2 Å². The second kappa shape index (κ2) is 8.22. The van der Waals surface area contributed by atoms with Crippen molar-refractivity contribution in [2.24, 2.45) is 0 Å². The molecule has 0 unspecified atom stereocenters. The molecule has 5 heteroatoms. The number of unbranched alkanes of at least 4 members (excludes halogenated alkanes) is 2. The monoisotopic (exact) mass is 288 g/mol. The van der Waals surface area contributed by atoms with Crippen LogP contribution in [0.3, 0.4) is 0 Å². The van der Waals surface area contributed by atoms with E-state index >= 15 is 0 Å². The maximum absolute atomic E-state index is 11.5. The van der Waals surface area contributed by atoms with Gasteiger partial charge >= 0.3 is 0 Å². The van der Waals surface area contributed by atoms with E-state index in [1.807, 2.05) is 0 Å². The normalized spacial score (nSPS) is 10.2. The van der Waals surface area contributed by atoms with Crippen molar-refractivity contribution >= 4 is 34.8 Å². The fraction of sp³-hybridized carbons (Fsp3) is 0.462. The van der Waals surface area contributed by atoms with E-state index < -0.39 is 0 Å². The number of halogens is 2. The van der Waals surface area contributed by atoms with Crippen LogP contribution in [-0.2, 0) is 4.79 Å². The fourth-order valence-electron chi connectivity index (χ4n) is 1.47. The smallest absolute Gasteiger partial charge is 0.239 e. The first-order valence-corrected chi connectivity index (χ1v) is 6.84. The number of amides is 1. The lowest BCUT2D eigenvalue weighted by Gasteiger charge is -2.09. The molecule has 0 aromatic heterocycles. The van der Waals surface area contributed by atoms with Crippen molar-refractivity contribution in [3.05, 3.63) is 28.2 Å². The highest BCUT2D eigenvalue weighted by atomic mass is 35.5. The Bertz CT molecular complexity index is 397. The lowest BCUT2D eigenvalue weighted by molar-refractivity contribution is -0.119. The number of nitrogens with one attached hydrogen (secondary N) is 2. The van der Waals surface area contributed by atoms with Crippen molar-refractivity contribution in [3.63, 3.8) is 0 Å². The maximum Gasteiger partial charge on any atom is 0.239 e. The summed E-state index contributed by atoms with van der Waals surface area (Å²) in [7, 11) is 0. The Morgan fingerprint density at radius 1 is 1.28 bits per heavy atom. The van der Waals surface area contributed by atoms with Crippen molar-refractivity contribution in [1.29, 1.82) is 0 Å². The van der Waals surface area contributed by atoms with Gasteiger partial charge in [0.25, 0.3) is 0 Å². The maximum atomic E-state index is 11.5. The second-order valence-electron chi connectivity index (χ2n) is 4.03. The third-order valence-corrected chi connectivity index (χ3v) is 3.03. The molecule has 0 spiro atoms. The molecule has 0 radical (unpaired) electrons. The van der Waals surface area contributed by atoms with Gasteiger partial charge in [-0.25, -0.2) is 0 Å². The van der Waals surface area contributed by atoms with Gasteiger partial charge in [0, 0.05) is 11.6 Å². The average molecular weight is 289 g/mol. The summed E-state index contributed by atoms with van der Waals surface area (Å²) in [5, 5.41) is 6.95. The summed E-state index contributed by atoms with van der Waals surface area (Å²) in [6, 6.07) is 5.11.